The fourth-order valence-electron chi connectivity index (χ4n) is 3.34. The molecule has 1 heterocycles. The predicted molar refractivity (Wildman–Crippen MR) is 93.9 cm³/mol. The molecule has 0 radical (unpaired) electrons. The molecular formula is C18H32N2S. The molecule has 2 nitrogen and oxygen atoms in total. The van der Waals surface area contributed by atoms with Gasteiger partial charge < -0.3 is 5.32 Å². The van der Waals surface area contributed by atoms with E-state index in [1.807, 2.05) is 11.3 Å². The molecule has 120 valence electrons. The minimum atomic E-state index is 0.645. The van der Waals surface area contributed by atoms with Gasteiger partial charge in [0.2, 0.25) is 0 Å². The van der Waals surface area contributed by atoms with Crippen molar-refractivity contribution in [2.75, 3.05) is 13.1 Å². The average molecular weight is 309 g/mol. The summed E-state index contributed by atoms with van der Waals surface area (Å²) in [6.45, 7) is 10.5. The molecule has 0 spiro atoms. The predicted octanol–water partition coefficient (Wildman–Crippen LogP) is 4.52. The van der Waals surface area contributed by atoms with Crippen LogP contribution in [0.3, 0.4) is 0 Å². The van der Waals surface area contributed by atoms with Crippen LogP contribution < -0.4 is 5.32 Å². The normalized spacial score (nSPS) is 18.0. The quantitative estimate of drug-likeness (QED) is 0.721. The molecule has 1 atom stereocenters. The first-order valence-electron chi connectivity index (χ1n) is 8.65. The van der Waals surface area contributed by atoms with Gasteiger partial charge >= 0.3 is 0 Å². The summed E-state index contributed by atoms with van der Waals surface area (Å²) in [6, 6.07) is 5.84. The van der Waals surface area contributed by atoms with E-state index < -0.39 is 0 Å². The van der Waals surface area contributed by atoms with Crippen molar-refractivity contribution in [1.82, 2.24) is 10.2 Å². The van der Waals surface area contributed by atoms with Crippen LogP contribution in [0.15, 0.2) is 17.5 Å². The molecule has 0 amide bonds. The van der Waals surface area contributed by atoms with Gasteiger partial charge in [-0.3, -0.25) is 4.90 Å². The molecule has 1 aromatic rings. The molecule has 1 saturated carbocycles. The van der Waals surface area contributed by atoms with Gasteiger partial charge in [0.15, 0.2) is 0 Å². The Hall–Kier alpha value is -0.380. The maximum absolute atomic E-state index is 3.65. The van der Waals surface area contributed by atoms with Crippen molar-refractivity contribution in [2.45, 2.75) is 71.5 Å². The molecule has 1 unspecified atom stereocenters. The van der Waals surface area contributed by atoms with Crippen molar-refractivity contribution in [1.29, 1.82) is 0 Å². The second kappa shape index (κ2) is 8.92. The first kappa shape index (κ1) is 17.0. The molecule has 0 aliphatic heterocycles. The highest BCUT2D eigenvalue weighted by Crippen LogP contribution is 2.25. The molecule has 2 rings (SSSR count). The summed E-state index contributed by atoms with van der Waals surface area (Å²) >= 11 is 1.85. The van der Waals surface area contributed by atoms with E-state index in [1.54, 1.807) is 0 Å². The zero-order chi connectivity index (χ0) is 15.1. The van der Waals surface area contributed by atoms with Crippen LogP contribution in [0, 0.1) is 5.92 Å². The van der Waals surface area contributed by atoms with Crippen molar-refractivity contribution in [3.63, 3.8) is 0 Å². The molecule has 0 saturated heterocycles. The number of thiophene rings is 1. The lowest BCUT2D eigenvalue weighted by Gasteiger charge is -2.35. The maximum atomic E-state index is 3.65. The van der Waals surface area contributed by atoms with E-state index in [0.29, 0.717) is 6.04 Å². The van der Waals surface area contributed by atoms with Crippen molar-refractivity contribution >= 4 is 11.3 Å². The first-order valence-corrected chi connectivity index (χ1v) is 9.53. The Balaban J connectivity index is 1.79. The molecule has 21 heavy (non-hydrogen) atoms. The van der Waals surface area contributed by atoms with Crippen molar-refractivity contribution in [3.05, 3.63) is 22.4 Å². The molecular weight excluding hydrogens is 276 g/mol. The standard InChI is InChI=1S/C18H32N2S/c1-15(2)10-11-20(17-7-4-5-8-17)16(3)13-19-14-18-9-6-12-21-18/h6,9,12,15-17,19H,4-5,7-8,10-11,13-14H2,1-3H3. The summed E-state index contributed by atoms with van der Waals surface area (Å²) in [4.78, 5) is 4.23. The second-order valence-electron chi connectivity index (χ2n) is 6.92. The number of hydrogen-bond donors (Lipinski definition) is 1. The summed E-state index contributed by atoms with van der Waals surface area (Å²) in [5, 5.41) is 5.81. The second-order valence-corrected chi connectivity index (χ2v) is 7.95. The van der Waals surface area contributed by atoms with Gasteiger partial charge in [0, 0.05) is 30.1 Å². The van der Waals surface area contributed by atoms with E-state index >= 15 is 0 Å². The van der Waals surface area contributed by atoms with Crippen LogP contribution in [0.2, 0.25) is 0 Å². The van der Waals surface area contributed by atoms with Crippen LogP contribution in [-0.2, 0) is 6.54 Å². The van der Waals surface area contributed by atoms with Crippen LogP contribution in [0.1, 0.15) is 57.8 Å². The fourth-order valence-corrected chi connectivity index (χ4v) is 4.02. The first-order chi connectivity index (χ1) is 10.2. The summed E-state index contributed by atoms with van der Waals surface area (Å²) in [6.07, 6.45) is 7.00. The third kappa shape index (κ3) is 5.72. The Morgan fingerprint density at radius 1 is 1.29 bits per heavy atom. The molecule has 1 N–H and O–H groups in total. The van der Waals surface area contributed by atoms with Gasteiger partial charge in [-0.25, -0.2) is 0 Å². The highest BCUT2D eigenvalue weighted by molar-refractivity contribution is 7.09. The van der Waals surface area contributed by atoms with Gasteiger partial charge in [-0.05, 0) is 50.1 Å². The average Bonchev–Trinajstić information content (AvgIpc) is 3.11. The van der Waals surface area contributed by atoms with Gasteiger partial charge in [0.05, 0.1) is 0 Å². The fraction of sp³-hybridized carbons (Fsp3) is 0.778. The highest BCUT2D eigenvalue weighted by atomic mass is 32.1. The Labute approximate surface area is 134 Å². The number of hydrogen-bond acceptors (Lipinski definition) is 3. The van der Waals surface area contributed by atoms with Gasteiger partial charge in [-0.2, -0.15) is 0 Å². The van der Waals surface area contributed by atoms with E-state index in [9.17, 15) is 0 Å². The molecule has 1 fully saturated rings. The van der Waals surface area contributed by atoms with E-state index in [0.717, 1.165) is 25.0 Å². The SMILES string of the molecule is CC(C)CCN(C(C)CNCc1cccs1)C1CCCC1. The monoisotopic (exact) mass is 308 g/mol. The Bertz CT molecular complexity index is 369. The van der Waals surface area contributed by atoms with Crippen LogP contribution in [0.25, 0.3) is 0 Å². The molecule has 1 aromatic heterocycles. The number of rotatable bonds is 9. The zero-order valence-corrected chi connectivity index (χ0v) is 14.8. The van der Waals surface area contributed by atoms with Gasteiger partial charge in [0.1, 0.15) is 0 Å². The minimum Gasteiger partial charge on any atom is -0.310 e. The molecule has 3 heteroatoms. The topological polar surface area (TPSA) is 15.3 Å². The maximum Gasteiger partial charge on any atom is 0.0300 e. The van der Waals surface area contributed by atoms with Gasteiger partial charge in [-0.1, -0.05) is 32.8 Å². The summed E-state index contributed by atoms with van der Waals surface area (Å²) in [5.74, 6) is 0.806. The van der Waals surface area contributed by atoms with E-state index in [-0.39, 0.29) is 0 Å². The largest absolute Gasteiger partial charge is 0.310 e. The summed E-state index contributed by atoms with van der Waals surface area (Å²) < 4.78 is 0. The van der Waals surface area contributed by atoms with Gasteiger partial charge in [-0.15, -0.1) is 11.3 Å². The van der Waals surface area contributed by atoms with E-state index in [4.69, 9.17) is 0 Å². The molecule has 0 bridgehead atoms. The van der Waals surface area contributed by atoms with Crippen LogP contribution in [0.4, 0.5) is 0 Å². The van der Waals surface area contributed by atoms with Crippen molar-refractivity contribution in [2.24, 2.45) is 5.92 Å². The highest BCUT2D eigenvalue weighted by Gasteiger charge is 2.26. The third-order valence-electron chi connectivity index (χ3n) is 4.64. The molecule has 1 aliphatic rings. The minimum absolute atomic E-state index is 0.645. The molecule has 0 aromatic carbocycles. The Morgan fingerprint density at radius 3 is 2.67 bits per heavy atom. The Morgan fingerprint density at radius 2 is 2.05 bits per heavy atom. The molecule has 1 aliphatic carbocycles. The number of nitrogens with zero attached hydrogens (tertiary/aromatic N) is 1. The lowest BCUT2D eigenvalue weighted by Crippen LogP contribution is -2.46. The lowest BCUT2D eigenvalue weighted by atomic mass is 10.1. The third-order valence-corrected chi connectivity index (χ3v) is 5.52. The van der Waals surface area contributed by atoms with Crippen LogP contribution >= 0.6 is 11.3 Å². The van der Waals surface area contributed by atoms with Crippen LogP contribution in [0.5, 0.6) is 0 Å². The van der Waals surface area contributed by atoms with Crippen molar-refractivity contribution < 1.29 is 0 Å². The zero-order valence-electron chi connectivity index (χ0n) is 14.0. The van der Waals surface area contributed by atoms with Gasteiger partial charge in [0.25, 0.3) is 0 Å². The van der Waals surface area contributed by atoms with Crippen LogP contribution in [-0.4, -0.2) is 30.1 Å². The van der Waals surface area contributed by atoms with Crippen molar-refractivity contribution in [3.8, 4) is 0 Å². The smallest absolute Gasteiger partial charge is 0.0300 e. The Kier molecular flexibility index (Phi) is 7.21. The van der Waals surface area contributed by atoms with E-state index in [2.05, 4.69) is 48.5 Å². The lowest BCUT2D eigenvalue weighted by molar-refractivity contribution is 0.135. The summed E-state index contributed by atoms with van der Waals surface area (Å²) in [5.41, 5.74) is 0. The van der Waals surface area contributed by atoms with E-state index in [1.165, 1.54) is 43.5 Å². The summed E-state index contributed by atoms with van der Waals surface area (Å²) in [7, 11) is 0. The number of nitrogens with one attached hydrogen (secondary N) is 1.